The van der Waals surface area contributed by atoms with Crippen LogP contribution in [0.5, 0.6) is 0 Å². The Bertz CT molecular complexity index is 1920. The molecule has 0 radical (unpaired) electrons. The van der Waals surface area contributed by atoms with Gasteiger partial charge in [0.2, 0.25) is 5.91 Å². The van der Waals surface area contributed by atoms with Crippen molar-refractivity contribution in [2.45, 2.75) is 43.9 Å². The number of carbonyl (C=O) groups excluding carboxylic acids is 1. The molecule has 12 heteroatoms. The van der Waals surface area contributed by atoms with Gasteiger partial charge in [-0.3, -0.25) is 19.1 Å². The van der Waals surface area contributed by atoms with Gasteiger partial charge in [0.1, 0.15) is 6.33 Å². The standard InChI is InChI=1S/C34H34BrClN6O3S/c35-33-37-18-26(46-33)19-39-13-9-27(29(20-39)23-5-2-1-3-6-23)31(43)40-15-11-34(45,12-16-40)21-41-22-38-30-28(32(41)44)10-14-42(30)25-8-4-7-24(36)17-25/h1-8,10,14,17-18,22,27,29,45H,9,11-13,15-16,19-21H2/t27-,29+/m1/s1. The number of aromatic nitrogens is 4. The molecule has 0 saturated carbocycles. The molecule has 2 aromatic carbocycles. The van der Waals surface area contributed by atoms with E-state index >= 15 is 0 Å². The zero-order chi connectivity index (χ0) is 31.8. The second kappa shape index (κ2) is 13.0. The first-order valence-corrected chi connectivity index (χ1v) is 17.5. The van der Waals surface area contributed by atoms with Crippen LogP contribution in [-0.2, 0) is 17.9 Å². The molecule has 1 amide bonds. The smallest absolute Gasteiger partial charge is 0.262 e. The predicted octanol–water partition coefficient (Wildman–Crippen LogP) is 5.72. The minimum atomic E-state index is -1.11. The number of amides is 1. The van der Waals surface area contributed by atoms with Crippen LogP contribution in [0.1, 0.15) is 35.6 Å². The van der Waals surface area contributed by atoms with Crippen molar-refractivity contribution in [2.75, 3.05) is 26.2 Å². The summed E-state index contributed by atoms with van der Waals surface area (Å²) in [4.78, 5) is 41.9. The summed E-state index contributed by atoms with van der Waals surface area (Å²) >= 11 is 11.3. The molecule has 1 N–H and O–H groups in total. The number of carbonyl (C=O) groups is 1. The summed E-state index contributed by atoms with van der Waals surface area (Å²) in [6.07, 6.45) is 6.78. The Morgan fingerprint density at radius 3 is 2.61 bits per heavy atom. The first kappa shape index (κ1) is 31.3. The number of fused-ring (bicyclic) bond motifs is 1. The number of thiazole rings is 1. The van der Waals surface area contributed by atoms with E-state index in [2.05, 4.69) is 42.9 Å². The number of nitrogens with zero attached hydrogens (tertiary/aromatic N) is 6. The molecule has 0 spiro atoms. The fraction of sp³-hybridized carbons (Fsp3) is 0.353. The van der Waals surface area contributed by atoms with E-state index in [-0.39, 0.29) is 29.8 Å². The van der Waals surface area contributed by atoms with Crippen LogP contribution in [0.25, 0.3) is 16.7 Å². The van der Waals surface area contributed by atoms with Crippen molar-refractivity contribution in [1.82, 2.24) is 28.9 Å². The summed E-state index contributed by atoms with van der Waals surface area (Å²) < 4.78 is 4.20. The van der Waals surface area contributed by atoms with Crippen LogP contribution >= 0.6 is 38.9 Å². The number of piperidine rings is 2. The van der Waals surface area contributed by atoms with E-state index in [4.69, 9.17) is 11.6 Å². The number of benzene rings is 2. The molecule has 0 bridgehead atoms. The van der Waals surface area contributed by atoms with Gasteiger partial charge in [-0.1, -0.05) is 48.0 Å². The van der Waals surface area contributed by atoms with Gasteiger partial charge in [-0.15, -0.1) is 11.3 Å². The zero-order valence-corrected chi connectivity index (χ0v) is 28.3. The monoisotopic (exact) mass is 720 g/mol. The molecule has 2 fully saturated rings. The van der Waals surface area contributed by atoms with Crippen molar-refractivity contribution < 1.29 is 9.90 Å². The van der Waals surface area contributed by atoms with Crippen molar-refractivity contribution in [3.8, 4) is 5.69 Å². The minimum Gasteiger partial charge on any atom is -0.388 e. The maximum Gasteiger partial charge on any atom is 0.262 e. The maximum absolute atomic E-state index is 14.1. The molecule has 9 nitrogen and oxygen atoms in total. The summed E-state index contributed by atoms with van der Waals surface area (Å²) in [5.74, 6) is 0.102. The molecular weight excluding hydrogens is 688 g/mol. The van der Waals surface area contributed by atoms with Crippen LogP contribution in [0.3, 0.4) is 0 Å². The number of rotatable bonds is 7. The SMILES string of the molecule is O=C([C@@H]1CCN(Cc2cnc(Br)s2)C[C@H]1c1ccccc1)N1CCC(O)(Cn2cnc3c(ccn3-c3cccc(Cl)c3)c2=O)CC1. The van der Waals surface area contributed by atoms with Crippen LogP contribution < -0.4 is 5.56 Å². The molecule has 5 heterocycles. The van der Waals surface area contributed by atoms with Crippen molar-refractivity contribution >= 4 is 55.8 Å². The molecular formula is C34H34BrClN6O3S. The number of halogens is 2. The van der Waals surface area contributed by atoms with Crippen LogP contribution in [0, 0.1) is 5.92 Å². The average Bonchev–Trinajstić information content (AvgIpc) is 3.69. The van der Waals surface area contributed by atoms with E-state index in [1.54, 1.807) is 29.7 Å². The molecule has 238 valence electrons. The Labute approximate surface area is 284 Å². The fourth-order valence-electron chi connectivity index (χ4n) is 6.93. The van der Waals surface area contributed by atoms with Crippen LogP contribution in [-0.4, -0.2) is 71.7 Å². The van der Waals surface area contributed by atoms with Crippen LogP contribution in [0.15, 0.2) is 88.1 Å². The second-order valence-electron chi connectivity index (χ2n) is 12.4. The van der Waals surface area contributed by atoms with E-state index in [1.807, 2.05) is 52.1 Å². The third-order valence-electron chi connectivity index (χ3n) is 9.37. The van der Waals surface area contributed by atoms with E-state index < -0.39 is 5.60 Å². The predicted molar refractivity (Wildman–Crippen MR) is 183 cm³/mol. The Balaban J connectivity index is 1.03. The van der Waals surface area contributed by atoms with Crippen molar-refractivity contribution in [2.24, 2.45) is 5.92 Å². The van der Waals surface area contributed by atoms with Gasteiger partial charge in [0, 0.05) is 66.0 Å². The summed E-state index contributed by atoms with van der Waals surface area (Å²) in [5.41, 5.74) is 1.21. The maximum atomic E-state index is 14.1. The molecule has 7 rings (SSSR count). The molecule has 3 aromatic heterocycles. The van der Waals surface area contributed by atoms with E-state index in [1.165, 1.54) is 21.3 Å². The lowest BCUT2D eigenvalue weighted by Crippen LogP contribution is -2.53. The van der Waals surface area contributed by atoms with E-state index in [9.17, 15) is 14.7 Å². The topological polar surface area (TPSA) is 96.5 Å². The second-order valence-corrected chi connectivity index (χ2v) is 15.2. The Hall–Kier alpha value is -3.35. The Morgan fingerprint density at radius 2 is 1.87 bits per heavy atom. The summed E-state index contributed by atoms with van der Waals surface area (Å²) in [6, 6.07) is 19.5. The quantitative estimate of drug-likeness (QED) is 0.231. The lowest BCUT2D eigenvalue weighted by Gasteiger charge is -2.43. The highest BCUT2D eigenvalue weighted by Gasteiger charge is 2.41. The molecule has 2 aliphatic rings. The van der Waals surface area contributed by atoms with Gasteiger partial charge in [-0.2, -0.15) is 0 Å². The fourth-order valence-corrected chi connectivity index (χ4v) is 8.51. The minimum absolute atomic E-state index is 0.0789. The summed E-state index contributed by atoms with van der Waals surface area (Å²) in [5, 5.41) is 12.7. The first-order chi connectivity index (χ1) is 22.3. The lowest BCUT2D eigenvalue weighted by atomic mass is 9.79. The van der Waals surface area contributed by atoms with Crippen molar-refractivity contribution in [3.05, 3.63) is 109 Å². The van der Waals surface area contributed by atoms with Crippen molar-refractivity contribution in [3.63, 3.8) is 0 Å². The Morgan fingerprint density at radius 1 is 1.07 bits per heavy atom. The zero-order valence-electron chi connectivity index (χ0n) is 25.1. The molecule has 46 heavy (non-hydrogen) atoms. The highest BCUT2D eigenvalue weighted by molar-refractivity contribution is 9.11. The molecule has 2 aliphatic heterocycles. The highest BCUT2D eigenvalue weighted by atomic mass is 79.9. The first-order valence-electron chi connectivity index (χ1n) is 15.5. The highest BCUT2D eigenvalue weighted by Crippen LogP contribution is 2.36. The van der Waals surface area contributed by atoms with Gasteiger partial charge in [0.25, 0.3) is 5.56 Å². The van der Waals surface area contributed by atoms with Gasteiger partial charge in [0.05, 0.1) is 17.5 Å². The number of likely N-dealkylation sites (tertiary alicyclic amines) is 2. The Kier molecular flexibility index (Phi) is 8.86. The van der Waals surface area contributed by atoms with Gasteiger partial charge >= 0.3 is 0 Å². The molecule has 0 unspecified atom stereocenters. The van der Waals surface area contributed by atoms with E-state index in [0.29, 0.717) is 42.0 Å². The van der Waals surface area contributed by atoms with Gasteiger partial charge in [-0.05, 0) is 71.6 Å². The molecule has 2 saturated heterocycles. The van der Waals surface area contributed by atoms with Gasteiger partial charge in [0.15, 0.2) is 9.56 Å². The van der Waals surface area contributed by atoms with Gasteiger partial charge < -0.3 is 14.6 Å². The number of hydrogen-bond donors (Lipinski definition) is 1. The number of hydrogen-bond acceptors (Lipinski definition) is 7. The lowest BCUT2D eigenvalue weighted by molar-refractivity contribution is -0.142. The van der Waals surface area contributed by atoms with Crippen LogP contribution in [0.4, 0.5) is 0 Å². The van der Waals surface area contributed by atoms with Crippen molar-refractivity contribution in [1.29, 1.82) is 0 Å². The van der Waals surface area contributed by atoms with E-state index in [0.717, 1.165) is 35.7 Å². The average molecular weight is 722 g/mol. The summed E-state index contributed by atoms with van der Waals surface area (Å²) in [7, 11) is 0. The third-order valence-corrected chi connectivity index (χ3v) is 11.1. The summed E-state index contributed by atoms with van der Waals surface area (Å²) in [6.45, 7) is 3.46. The molecule has 0 aliphatic carbocycles. The largest absolute Gasteiger partial charge is 0.388 e. The van der Waals surface area contributed by atoms with Gasteiger partial charge in [-0.25, -0.2) is 9.97 Å². The normalized spacial score (nSPS) is 20.3. The molecule has 2 atom stereocenters. The molecule has 5 aromatic rings. The van der Waals surface area contributed by atoms with Crippen LogP contribution in [0.2, 0.25) is 5.02 Å². The number of aliphatic hydroxyl groups is 1. The third kappa shape index (κ3) is 6.44.